The first-order chi connectivity index (χ1) is 12.4. The van der Waals surface area contributed by atoms with Gasteiger partial charge in [0.05, 0.1) is 16.6 Å². The molecule has 3 aromatic heterocycles. The number of pyridine rings is 1. The number of fused-ring (bicyclic) bond motifs is 2. The number of hydrogen-bond acceptors (Lipinski definition) is 6. The number of nitrogens with one attached hydrogen (secondary N) is 1. The van der Waals surface area contributed by atoms with Crippen LogP contribution in [0.3, 0.4) is 0 Å². The zero-order chi connectivity index (χ0) is 18.6. The number of nitrogens with zero attached hydrogens (tertiary/aromatic N) is 3. The van der Waals surface area contributed by atoms with Crippen LogP contribution < -0.4 is 22.4 Å². The fourth-order valence-electron chi connectivity index (χ4n) is 2.71. The quantitative estimate of drug-likeness (QED) is 0.480. The highest BCUT2D eigenvalue weighted by atomic mass is 19.1. The Hall–Kier alpha value is -3.82. The van der Waals surface area contributed by atoms with Crippen molar-refractivity contribution in [3.63, 3.8) is 0 Å². The lowest BCUT2D eigenvalue weighted by molar-refractivity contribution is 0.539. The van der Waals surface area contributed by atoms with Gasteiger partial charge in [-0.05, 0) is 18.2 Å². The van der Waals surface area contributed by atoms with Gasteiger partial charge in [0.2, 0.25) is 0 Å². The van der Waals surface area contributed by atoms with Crippen molar-refractivity contribution in [2.24, 2.45) is 7.05 Å². The first-order valence-electron chi connectivity index (χ1n) is 7.32. The molecule has 4 rings (SSSR count). The van der Waals surface area contributed by atoms with Gasteiger partial charge in [0.15, 0.2) is 11.4 Å². The van der Waals surface area contributed by atoms with E-state index >= 15 is 0 Å². The van der Waals surface area contributed by atoms with E-state index in [0.29, 0.717) is 4.57 Å². The van der Waals surface area contributed by atoms with Crippen molar-refractivity contribution in [3.8, 4) is 5.69 Å². The van der Waals surface area contributed by atoms with E-state index < -0.39 is 33.9 Å². The zero-order valence-electron chi connectivity index (χ0n) is 13.1. The van der Waals surface area contributed by atoms with Crippen LogP contribution in [0, 0.1) is 5.82 Å². The largest absolute Gasteiger partial charge is 0.417 e. The summed E-state index contributed by atoms with van der Waals surface area (Å²) in [6.45, 7) is 0. The third-order valence-corrected chi connectivity index (χ3v) is 3.94. The van der Waals surface area contributed by atoms with Gasteiger partial charge in [0.25, 0.3) is 5.56 Å². The van der Waals surface area contributed by atoms with Crippen molar-refractivity contribution in [2.75, 3.05) is 0 Å². The Morgan fingerprint density at radius 1 is 1.19 bits per heavy atom. The molecule has 10 heteroatoms. The van der Waals surface area contributed by atoms with Gasteiger partial charge in [-0.1, -0.05) is 0 Å². The minimum atomic E-state index is -1.19. The molecule has 0 atom stereocenters. The molecule has 4 aromatic rings. The Morgan fingerprint density at radius 3 is 2.73 bits per heavy atom. The second-order valence-electron chi connectivity index (χ2n) is 5.50. The number of aromatic amines is 1. The van der Waals surface area contributed by atoms with Crippen molar-refractivity contribution >= 4 is 22.1 Å². The number of rotatable bonds is 1. The van der Waals surface area contributed by atoms with E-state index in [-0.39, 0.29) is 22.1 Å². The molecule has 0 bridgehead atoms. The lowest BCUT2D eigenvalue weighted by atomic mass is 10.2. The van der Waals surface area contributed by atoms with Crippen LogP contribution in [-0.2, 0) is 7.05 Å². The van der Waals surface area contributed by atoms with Crippen LogP contribution in [0.15, 0.2) is 54.1 Å². The van der Waals surface area contributed by atoms with E-state index in [1.165, 1.54) is 25.4 Å². The van der Waals surface area contributed by atoms with Crippen LogP contribution in [0.5, 0.6) is 0 Å². The molecule has 0 fully saturated rings. The van der Waals surface area contributed by atoms with Crippen LogP contribution in [0.4, 0.5) is 4.39 Å². The standard InChI is InChI=1S/C16H9FN4O5/c1-20-12-7(3-2-4-18-12)14(23)21(16(20)25)10-6-9-11(5-8(10)17)26-15(24)13(22)19-9/h2-6H,1H3,(H,19,22). The molecular weight excluding hydrogens is 347 g/mol. The summed E-state index contributed by atoms with van der Waals surface area (Å²) in [7, 11) is 1.40. The van der Waals surface area contributed by atoms with Crippen molar-refractivity contribution in [1.82, 2.24) is 19.1 Å². The molecule has 0 aliphatic rings. The van der Waals surface area contributed by atoms with Gasteiger partial charge >= 0.3 is 16.9 Å². The molecule has 0 saturated heterocycles. The maximum Gasteiger partial charge on any atom is 0.402 e. The fourth-order valence-corrected chi connectivity index (χ4v) is 2.71. The normalized spacial score (nSPS) is 11.3. The first kappa shape index (κ1) is 15.7. The average molecular weight is 356 g/mol. The lowest BCUT2D eigenvalue weighted by Gasteiger charge is -2.11. The highest BCUT2D eigenvalue weighted by Crippen LogP contribution is 2.18. The Morgan fingerprint density at radius 2 is 1.96 bits per heavy atom. The van der Waals surface area contributed by atoms with E-state index in [0.717, 1.165) is 16.7 Å². The van der Waals surface area contributed by atoms with Crippen LogP contribution in [-0.4, -0.2) is 19.1 Å². The van der Waals surface area contributed by atoms with Crippen molar-refractivity contribution < 1.29 is 8.81 Å². The lowest BCUT2D eigenvalue weighted by Crippen LogP contribution is -2.38. The second kappa shape index (κ2) is 5.34. The Labute approximate surface area is 141 Å². The van der Waals surface area contributed by atoms with E-state index in [1.54, 1.807) is 0 Å². The monoisotopic (exact) mass is 356 g/mol. The molecule has 1 N–H and O–H groups in total. The summed E-state index contributed by atoms with van der Waals surface area (Å²) in [5, 5.41) is 0.113. The molecular formula is C16H9FN4O5. The summed E-state index contributed by atoms with van der Waals surface area (Å²) in [5.74, 6) is -0.977. The molecule has 130 valence electrons. The minimum absolute atomic E-state index is 0.0359. The number of halogens is 1. The molecule has 3 heterocycles. The van der Waals surface area contributed by atoms with E-state index in [2.05, 4.69) is 9.97 Å². The highest BCUT2D eigenvalue weighted by Gasteiger charge is 2.18. The third-order valence-electron chi connectivity index (χ3n) is 3.94. The van der Waals surface area contributed by atoms with Crippen LogP contribution in [0.1, 0.15) is 0 Å². The Balaban J connectivity index is 2.17. The van der Waals surface area contributed by atoms with Gasteiger partial charge < -0.3 is 9.40 Å². The van der Waals surface area contributed by atoms with Crippen LogP contribution in [0.25, 0.3) is 27.8 Å². The molecule has 0 aliphatic heterocycles. The summed E-state index contributed by atoms with van der Waals surface area (Å²) in [4.78, 5) is 54.2. The van der Waals surface area contributed by atoms with E-state index in [1.807, 2.05) is 0 Å². The minimum Gasteiger partial charge on any atom is -0.417 e. The zero-order valence-corrected chi connectivity index (χ0v) is 13.1. The van der Waals surface area contributed by atoms with Gasteiger partial charge in [0, 0.05) is 19.3 Å². The predicted molar refractivity (Wildman–Crippen MR) is 89.2 cm³/mol. The number of hydrogen-bond donors (Lipinski definition) is 1. The van der Waals surface area contributed by atoms with Gasteiger partial charge in [-0.25, -0.2) is 23.5 Å². The van der Waals surface area contributed by atoms with Crippen LogP contribution >= 0.6 is 0 Å². The molecule has 0 radical (unpaired) electrons. The first-order valence-corrected chi connectivity index (χ1v) is 7.32. The van der Waals surface area contributed by atoms with Crippen molar-refractivity contribution in [1.29, 1.82) is 0 Å². The Bertz CT molecular complexity index is 1440. The third kappa shape index (κ3) is 2.12. The summed E-state index contributed by atoms with van der Waals surface area (Å²) in [6, 6.07) is 4.85. The highest BCUT2D eigenvalue weighted by molar-refractivity contribution is 5.76. The summed E-state index contributed by atoms with van der Waals surface area (Å²) >= 11 is 0. The second-order valence-corrected chi connectivity index (χ2v) is 5.50. The van der Waals surface area contributed by atoms with Gasteiger partial charge in [-0.2, -0.15) is 0 Å². The molecule has 9 nitrogen and oxygen atoms in total. The number of aromatic nitrogens is 4. The van der Waals surface area contributed by atoms with Crippen LogP contribution in [0.2, 0.25) is 0 Å². The summed E-state index contributed by atoms with van der Waals surface area (Å²) < 4.78 is 21.0. The SMILES string of the molecule is Cn1c(=O)n(-c2cc3[nH]c(=O)c(=O)oc3cc2F)c(=O)c2cccnc21. The number of aryl methyl sites for hydroxylation is 1. The molecule has 0 amide bonds. The van der Waals surface area contributed by atoms with Gasteiger partial charge in [-0.3, -0.25) is 14.2 Å². The molecule has 0 saturated carbocycles. The molecule has 0 spiro atoms. The molecule has 0 unspecified atom stereocenters. The summed E-state index contributed by atoms with van der Waals surface area (Å²) in [6.07, 6.45) is 1.43. The Kier molecular flexibility index (Phi) is 3.22. The molecule has 26 heavy (non-hydrogen) atoms. The molecule has 0 aliphatic carbocycles. The number of benzene rings is 1. The van der Waals surface area contributed by atoms with Gasteiger partial charge in [-0.15, -0.1) is 0 Å². The molecule has 1 aromatic carbocycles. The number of H-pyrrole nitrogens is 1. The topological polar surface area (TPSA) is 120 Å². The smallest absolute Gasteiger partial charge is 0.402 e. The van der Waals surface area contributed by atoms with E-state index in [4.69, 9.17) is 4.42 Å². The van der Waals surface area contributed by atoms with E-state index in [9.17, 15) is 23.6 Å². The predicted octanol–water partition coefficient (Wildman–Crippen LogP) is 0.0182. The maximum absolute atomic E-state index is 14.6. The maximum atomic E-state index is 14.6. The summed E-state index contributed by atoms with van der Waals surface area (Å²) in [5.41, 5.74) is -4.31. The van der Waals surface area contributed by atoms with Gasteiger partial charge in [0.1, 0.15) is 5.65 Å². The average Bonchev–Trinajstić information content (AvgIpc) is 2.62. The van der Waals surface area contributed by atoms with Crippen molar-refractivity contribution in [3.05, 3.63) is 77.9 Å². The fraction of sp³-hybridized carbons (Fsp3) is 0.0625. The van der Waals surface area contributed by atoms with Crippen molar-refractivity contribution in [2.45, 2.75) is 0 Å².